The Kier molecular flexibility index (Phi) is 5.91. The fourth-order valence-electron chi connectivity index (χ4n) is 4.24. The molecule has 7 heteroatoms. The molecule has 0 bridgehead atoms. The molecular weight excluding hydrogens is 396 g/mol. The third-order valence-corrected chi connectivity index (χ3v) is 6.48. The molecule has 1 aliphatic carbocycles. The number of anilines is 1. The number of unbranched alkanes of at least 4 members (excludes halogenated alkanes) is 1. The second-order valence-electron chi connectivity index (χ2n) is 8.70. The molecule has 2 aliphatic rings. The van der Waals surface area contributed by atoms with Crippen molar-refractivity contribution in [1.82, 2.24) is 14.8 Å². The zero-order valence-electron chi connectivity index (χ0n) is 18.2. The van der Waals surface area contributed by atoms with Crippen LogP contribution in [-0.4, -0.2) is 32.9 Å². The fraction of sp³-hybridized carbons (Fsp3) is 0.522. The summed E-state index contributed by atoms with van der Waals surface area (Å²) < 4.78 is 7.80. The predicted octanol–water partition coefficient (Wildman–Crippen LogP) is 5.23. The van der Waals surface area contributed by atoms with Crippen molar-refractivity contribution in [2.75, 3.05) is 17.7 Å². The highest BCUT2D eigenvalue weighted by molar-refractivity contribution is 7.99. The largest absolute Gasteiger partial charge is 0.494 e. The molecule has 1 atom stereocenters. The van der Waals surface area contributed by atoms with Crippen molar-refractivity contribution in [3.63, 3.8) is 0 Å². The Hall–Kier alpha value is -2.28. The minimum Gasteiger partial charge on any atom is -0.494 e. The summed E-state index contributed by atoms with van der Waals surface area (Å²) in [6.07, 6.45) is 3.61. The zero-order valence-corrected chi connectivity index (χ0v) is 19.0. The summed E-state index contributed by atoms with van der Waals surface area (Å²) in [5.41, 5.74) is 2.65. The first-order chi connectivity index (χ1) is 14.4. The second-order valence-corrected chi connectivity index (χ2v) is 9.76. The molecule has 0 amide bonds. The molecule has 30 heavy (non-hydrogen) atoms. The molecule has 1 aliphatic heterocycles. The summed E-state index contributed by atoms with van der Waals surface area (Å²) in [6, 6.07) is 7.63. The monoisotopic (exact) mass is 426 g/mol. The van der Waals surface area contributed by atoms with E-state index in [1.807, 2.05) is 35.9 Å². The molecule has 0 saturated heterocycles. The van der Waals surface area contributed by atoms with E-state index in [9.17, 15) is 4.79 Å². The third-order valence-electron chi connectivity index (χ3n) is 5.55. The Morgan fingerprint density at radius 1 is 1.27 bits per heavy atom. The van der Waals surface area contributed by atoms with Gasteiger partial charge in [0.25, 0.3) is 0 Å². The van der Waals surface area contributed by atoms with Crippen molar-refractivity contribution >= 4 is 23.5 Å². The summed E-state index contributed by atoms with van der Waals surface area (Å²) in [4.78, 5) is 18.1. The number of benzene rings is 1. The number of carbonyl (C=O) groups excluding carboxylic acids is 1. The van der Waals surface area contributed by atoms with Gasteiger partial charge >= 0.3 is 0 Å². The number of carbonyl (C=O) groups is 1. The van der Waals surface area contributed by atoms with Crippen LogP contribution in [-0.2, 0) is 4.79 Å². The molecule has 0 fully saturated rings. The lowest BCUT2D eigenvalue weighted by atomic mass is 9.73. The molecule has 6 nitrogen and oxygen atoms in total. The second kappa shape index (κ2) is 8.46. The number of rotatable bonds is 7. The maximum atomic E-state index is 13.3. The number of nitrogens with one attached hydrogen (secondary N) is 1. The van der Waals surface area contributed by atoms with Gasteiger partial charge in [0, 0.05) is 29.0 Å². The quantitative estimate of drug-likeness (QED) is 0.483. The molecule has 0 unspecified atom stereocenters. The minimum atomic E-state index is -0.323. The Labute approximate surface area is 182 Å². The highest BCUT2D eigenvalue weighted by atomic mass is 32.2. The number of nitrogens with zero attached hydrogens (tertiary/aromatic N) is 3. The van der Waals surface area contributed by atoms with Crippen molar-refractivity contribution in [3.8, 4) is 5.75 Å². The van der Waals surface area contributed by atoms with E-state index >= 15 is 0 Å². The van der Waals surface area contributed by atoms with Crippen LogP contribution in [0.5, 0.6) is 5.75 Å². The molecule has 0 saturated carbocycles. The summed E-state index contributed by atoms with van der Waals surface area (Å²) in [6.45, 7) is 9.01. The van der Waals surface area contributed by atoms with Crippen LogP contribution in [0.2, 0.25) is 0 Å². The summed E-state index contributed by atoms with van der Waals surface area (Å²) >= 11 is 1.67. The first kappa shape index (κ1) is 21.0. The topological polar surface area (TPSA) is 69.0 Å². The number of thioether (sulfide) groups is 1. The molecule has 0 spiro atoms. The van der Waals surface area contributed by atoms with Crippen LogP contribution in [0.25, 0.3) is 0 Å². The van der Waals surface area contributed by atoms with Crippen LogP contribution in [0.4, 0.5) is 5.95 Å². The van der Waals surface area contributed by atoms with Crippen LogP contribution >= 0.6 is 11.8 Å². The maximum Gasteiger partial charge on any atom is 0.227 e. The highest BCUT2D eigenvalue weighted by Gasteiger charge is 2.42. The van der Waals surface area contributed by atoms with Gasteiger partial charge in [0.05, 0.1) is 6.61 Å². The first-order valence-corrected chi connectivity index (χ1v) is 11.8. The van der Waals surface area contributed by atoms with Gasteiger partial charge in [-0.25, -0.2) is 4.68 Å². The fourth-order valence-corrected chi connectivity index (χ4v) is 5.15. The minimum absolute atomic E-state index is 0.0756. The Morgan fingerprint density at radius 2 is 2.07 bits per heavy atom. The van der Waals surface area contributed by atoms with Crippen LogP contribution in [0.3, 0.4) is 0 Å². The number of fused-ring (bicyclic) bond motifs is 1. The normalized spacial score (nSPS) is 19.9. The van der Waals surface area contributed by atoms with E-state index < -0.39 is 0 Å². The summed E-state index contributed by atoms with van der Waals surface area (Å²) in [5, 5.41) is 9.00. The molecule has 0 radical (unpaired) electrons. The number of aromatic nitrogens is 3. The number of ether oxygens (including phenoxy) is 1. The van der Waals surface area contributed by atoms with E-state index in [4.69, 9.17) is 14.8 Å². The number of para-hydroxylation sites is 1. The van der Waals surface area contributed by atoms with Crippen molar-refractivity contribution < 1.29 is 9.53 Å². The lowest BCUT2D eigenvalue weighted by Crippen LogP contribution is -2.36. The lowest BCUT2D eigenvalue weighted by molar-refractivity contribution is -0.118. The highest BCUT2D eigenvalue weighted by Crippen LogP contribution is 2.47. The number of hydrogen-bond donors (Lipinski definition) is 1. The molecule has 2 aromatic rings. The van der Waals surface area contributed by atoms with Crippen LogP contribution < -0.4 is 10.1 Å². The Morgan fingerprint density at radius 3 is 2.83 bits per heavy atom. The molecular formula is C23H30N4O2S. The average molecular weight is 427 g/mol. The smallest absolute Gasteiger partial charge is 0.227 e. The summed E-state index contributed by atoms with van der Waals surface area (Å²) in [5.74, 6) is 2.65. The lowest BCUT2D eigenvalue weighted by Gasteiger charge is -2.38. The van der Waals surface area contributed by atoms with Gasteiger partial charge in [0.1, 0.15) is 11.8 Å². The standard InChI is InChI=1S/C23H30N4O2S/c1-5-7-12-30-22-25-21-24-16-13-23(3,4)14-17(28)19(16)20(27(21)26-22)15-10-8-9-11-18(15)29-6-2/h8-11,20H,5-7,12-14H2,1-4H3,(H,24,25,26)/t20-/m1/s1. The summed E-state index contributed by atoms with van der Waals surface area (Å²) in [7, 11) is 0. The van der Waals surface area contributed by atoms with Gasteiger partial charge < -0.3 is 10.1 Å². The van der Waals surface area contributed by atoms with Crippen molar-refractivity contribution in [1.29, 1.82) is 0 Å². The van der Waals surface area contributed by atoms with E-state index in [-0.39, 0.29) is 17.2 Å². The van der Waals surface area contributed by atoms with Gasteiger partial charge in [0.2, 0.25) is 11.1 Å². The van der Waals surface area contributed by atoms with Crippen molar-refractivity contribution in [2.24, 2.45) is 5.41 Å². The van der Waals surface area contributed by atoms with Crippen LogP contribution in [0.15, 0.2) is 40.7 Å². The SMILES string of the molecule is CCCCSc1nc2n(n1)[C@H](c1ccccc1OCC)C1=C(CC(C)(C)CC1=O)N2. The van der Waals surface area contributed by atoms with E-state index in [1.165, 1.54) is 0 Å². The van der Waals surface area contributed by atoms with Crippen molar-refractivity contribution in [3.05, 3.63) is 41.1 Å². The average Bonchev–Trinajstić information content (AvgIpc) is 3.09. The number of allylic oxidation sites excluding steroid dienone is 2. The van der Waals surface area contributed by atoms with Gasteiger partial charge in [-0.3, -0.25) is 4.79 Å². The Balaban J connectivity index is 1.82. The molecule has 1 N–H and O–H groups in total. The van der Waals surface area contributed by atoms with Crippen LogP contribution in [0.1, 0.15) is 65.0 Å². The van der Waals surface area contributed by atoms with Crippen LogP contribution in [0, 0.1) is 5.41 Å². The van der Waals surface area contributed by atoms with Crippen molar-refractivity contribution in [2.45, 2.75) is 64.6 Å². The predicted molar refractivity (Wildman–Crippen MR) is 120 cm³/mol. The molecule has 1 aromatic carbocycles. The number of Topliss-reactive ketones (excluding diaryl/α,β-unsaturated/α-hetero) is 1. The molecule has 4 rings (SSSR count). The van der Waals surface area contributed by atoms with E-state index in [0.29, 0.717) is 19.0 Å². The van der Waals surface area contributed by atoms with E-state index in [0.717, 1.165) is 52.8 Å². The molecule has 2 heterocycles. The van der Waals surface area contributed by atoms with Gasteiger partial charge in [-0.15, -0.1) is 5.10 Å². The van der Waals surface area contributed by atoms with Gasteiger partial charge in [-0.2, -0.15) is 4.98 Å². The van der Waals surface area contributed by atoms with Gasteiger partial charge in [-0.05, 0) is 31.2 Å². The van der Waals surface area contributed by atoms with Gasteiger partial charge in [-0.1, -0.05) is 57.2 Å². The number of hydrogen-bond acceptors (Lipinski definition) is 6. The van der Waals surface area contributed by atoms with E-state index in [2.05, 4.69) is 26.1 Å². The third kappa shape index (κ3) is 4.00. The Bertz CT molecular complexity index is 979. The maximum absolute atomic E-state index is 13.3. The van der Waals surface area contributed by atoms with E-state index in [1.54, 1.807) is 11.8 Å². The van der Waals surface area contributed by atoms with Gasteiger partial charge in [0.15, 0.2) is 5.78 Å². The first-order valence-electron chi connectivity index (χ1n) is 10.8. The number of ketones is 1. The zero-order chi connectivity index (χ0) is 21.3. The molecule has 160 valence electrons. The molecule has 1 aromatic heterocycles.